The molecule has 0 aromatic rings. The van der Waals surface area contributed by atoms with Crippen LogP contribution in [0.5, 0.6) is 0 Å². The Bertz CT molecular complexity index is 446. The Balaban J connectivity index is 2.54. The number of nitrogens with one attached hydrogen (secondary N) is 1. The van der Waals surface area contributed by atoms with Crippen LogP contribution in [0.25, 0.3) is 0 Å². The number of halogens is 3. The summed E-state index contributed by atoms with van der Waals surface area (Å²) in [4.78, 5) is 23.1. The largest absolute Gasteiger partial charge is 0.508 e. The minimum atomic E-state index is -1.72. The fraction of sp³-hybridized carbons (Fsp3) is 0.700. The number of hydrogen-bond donors (Lipinski definition) is 2. The first-order valence-corrected chi connectivity index (χ1v) is 9.29. The Morgan fingerprint density at radius 3 is 2.57 bits per heavy atom. The zero-order valence-corrected chi connectivity index (χ0v) is 15.8. The second kappa shape index (κ2) is 7.79. The molecule has 1 N–H and O–H groups in total. The fourth-order valence-electron chi connectivity index (χ4n) is 1.64. The van der Waals surface area contributed by atoms with Gasteiger partial charge in [-0.25, -0.2) is 4.79 Å². The maximum Gasteiger partial charge on any atom is 0.508 e. The van der Waals surface area contributed by atoms with E-state index in [1.165, 1.54) is 0 Å². The summed E-state index contributed by atoms with van der Waals surface area (Å²) in [6.07, 6.45) is 0.168. The van der Waals surface area contributed by atoms with Gasteiger partial charge in [-0.15, -0.1) is 0 Å². The topological polar surface area (TPSA) is 64.6 Å². The summed E-state index contributed by atoms with van der Waals surface area (Å²) < 4.78 is 8.45. The van der Waals surface area contributed by atoms with Gasteiger partial charge in [-0.3, -0.25) is 4.79 Å². The summed E-state index contributed by atoms with van der Waals surface area (Å²) >= 11 is 25.5. The van der Waals surface area contributed by atoms with E-state index in [9.17, 15) is 9.59 Å². The molecule has 1 rings (SSSR count). The van der Waals surface area contributed by atoms with Gasteiger partial charge in [0.1, 0.15) is 24.9 Å². The molecule has 0 bridgehead atoms. The molecule has 4 atom stereocenters. The molecular formula is C10H13Cl3NO4S3+. The molecule has 4 unspecified atom stereocenters. The molecule has 1 heterocycles. The average molecular weight is 414 g/mol. The molecule has 0 spiro atoms. The molecule has 1 amide bonds. The summed E-state index contributed by atoms with van der Waals surface area (Å²) in [6.45, 7) is 1.15. The second-order valence-electron chi connectivity index (χ2n) is 4.26. The first-order valence-electron chi connectivity index (χ1n) is 5.61. The number of alkyl halides is 3. The number of carbonyl (C=O) groups is 2. The average Bonchev–Trinajstić information content (AvgIpc) is 2.31. The highest BCUT2D eigenvalue weighted by molar-refractivity contribution is 8.39. The molecule has 1 aliphatic rings. The van der Waals surface area contributed by atoms with Crippen LogP contribution in [0.1, 0.15) is 6.92 Å². The Morgan fingerprint density at radius 1 is 1.57 bits per heavy atom. The van der Waals surface area contributed by atoms with Crippen LogP contribution in [0.15, 0.2) is 0 Å². The molecule has 1 fully saturated rings. The molecule has 21 heavy (non-hydrogen) atoms. The van der Waals surface area contributed by atoms with E-state index >= 15 is 0 Å². The molecule has 1 saturated heterocycles. The van der Waals surface area contributed by atoms with Crippen molar-refractivity contribution in [3.63, 3.8) is 0 Å². The summed E-state index contributed by atoms with van der Waals surface area (Å²) in [6, 6.07) is 0. The van der Waals surface area contributed by atoms with Crippen molar-refractivity contribution in [3.05, 3.63) is 0 Å². The molecule has 0 saturated carbocycles. The summed E-state index contributed by atoms with van der Waals surface area (Å²) in [5.74, 6) is -0.727. The van der Waals surface area contributed by atoms with Gasteiger partial charge in [-0.1, -0.05) is 47.4 Å². The number of hydrogen-bond acceptors (Lipinski definition) is 5. The predicted octanol–water partition coefficient (Wildman–Crippen LogP) is 2.43. The van der Waals surface area contributed by atoms with Crippen LogP contribution in [0.3, 0.4) is 0 Å². The van der Waals surface area contributed by atoms with Crippen molar-refractivity contribution in [2.75, 3.05) is 12.9 Å². The van der Waals surface area contributed by atoms with Crippen molar-refractivity contribution in [2.24, 2.45) is 5.92 Å². The molecule has 0 aromatic carbocycles. The number of β-lactam (4-membered cyclic amide) rings is 1. The minimum absolute atomic E-state index is 0.210. The quantitative estimate of drug-likeness (QED) is 0.185. The lowest BCUT2D eigenvalue weighted by Gasteiger charge is -2.36. The van der Waals surface area contributed by atoms with Gasteiger partial charge in [-0.05, 0) is 19.1 Å². The van der Waals surface area contributed by atoms with E-state index in [1.54, 1.807) is 6.92 Å². The van der Waals surface area contributed by atoms with E-state index in [4.69, 9.17) is 51.8 Å². The molecule has 120 valence electrons. The van der Waals surface area contributed by atoms with Crippen molar-refractivity contribution >= 4 is 86.1 Å². The Labute approximate surface area is 151 Å². The third-order valence-corrected chi connectivity index (χ3v) is 6.41. The predicted molar refractivity (Wildman–Crippen MR) is 92.5 cm³/mol. The molecule has 0 radical (unpaired) electrons. The van der Waals surface area contributed by atoms with Gasteiger partial charge in [-0.2, -0.15) is 0 Å². The monoisotopic (exact) mass is 412 g/mol. The lowest BCUT2D eigenvalue weighted by atomic mass is 9.96. The smallest absolute Gasteiger partial charge is 0.430 e. The van der Waals surface area contributed by atoms with E-state index in [2.05, 4.69) is 22.7 Å². The summed E-state index contributed by atoms with van der Waals surface area (Å²) in [7, 11) is -0.415. The Hall–Kier alpha value is 0.400. The van der Waals surface area contributed by atoms with Gasteiger partial charge >= 0.3 is 6.16 Å². The lowest BCUT2D eigenvalue weighted by molar-refractivity contribution is -0.137. The number of ether oxygens (including phenoxy) is 2. The molecule has 1 aliphatic heterocycles. The van der Waals surface area contributed by atoms with Gasteiger partial charge in [0.05, 0.1) is 10.9 Å². The fourth-order valence-corrected chi connectivity index (χ4v) is 3.75. The lowest BCUT2D eigenvalue weighted by Crippen LogP contribution is -2.65. The maximum atomic E-state index is 11.6. The van der Waals surface area contributed by atoms with Crippen LogP contribution in [-0.4, -0.2) is 43.7 Å². The third kappa shape index (κ3) is 5.84. The van der Waals surface area contributed by atoms with E-state index in [1.807, 2.05) is 6.26 Å². The summed E-state index contributed by atoms with van der Waals surface area (Å²) in [5.41, 5.74) is 0. The number of thiol groups is 1. The number of amides is 1. The SMILES string of the molecule is CC(OC(=O)OCC(Cl)(Cl)Cl)C1C(=O)NC1[S+](C)C(=S)S. The van der Waals surface area contributed by atoms with E-state index < -0.39 is 39.5 Å². The molecule has 5 nitrogen and oxygen atoms in total. The zero-order chi connectivity index (χ0) is 16.4. The second-order valence-corrected chi connectivity index (χ2v) is 10.5. The van der Waals surface area contributed by atoms with Gasteiger partial charge in [0.15, 0.2) is 0 Å². The van der Waals surface area contributed by atoms with Gasteiger partial charge in [0.2, 0.25) is 15.1 Å². The first kappa shape index (κ1) is 19.4. The van der Waals surface area contributed by atoms with Crippen LogP contribution >= 0.6 is 59.6 Å². The molecule has 0 aliphatic carbocycles. The van der Waals surface area contributed by atoms with Gasteiger partial charge in [0, 0.05) is 0 Å². The standard InChI is InChI=1S/C10H12Cl3NO4S3/c1-4(18-8(16)17-3-10(11,12)13)5-6(15)14-7(5)21(2)9(19)20/h4-5,7H,3H2,1-2H3,(H-,14,15,19,20)/p+1. The number of thiocarbonyl (C=S) groups is 1. The van der Waals surface area contributed by atoms with E-state index in [0.717, 1.165) is 0 Å². The normalized spacial score (nSPS) is 24.4. The maximum absolute atomic E-state index is 11.6. The minimum Gasteiger partial charge on any atom is -0.430 e. The highest BCUT2D eigenvalue weighted by Gasteiger charge is 2.54. The molecule has 11 heteroatoms. The number of carbonyl (C=O) groups excluding carboxylic acids is 2. The van der Waals surface area contributed by atoms with Gasteiger partial charge in [0.25, 0.3) is 3.53 Å². The van der Waals surface area contributed by atoms with Crippen LogP contribution < -0.4 is 5.32 Å². The van der Waals surface area contributed by atoms with Crippen LogP contribution in [0.4, 0.5) is 4.79 Å². The van der Waals surface area contributed by atoms with Crippen molar-refractivity contribution < 1.29 is 19.1 Å². The van der Waals surface area contributed by atoms with E-state index in [0.29, 0.717) is 3.53 Å². The zero-order valence-electron chi connectivity index (χ0n) is 11.0. The Kier molecular flexibility index (Phi) is 7.21. The Morgan fingerprint density at radius 2 is 2.14 bits per heavy atom. The highest BCUT2D eigenvalue weighted by atomic mass is 35.6. The van der Waals surface area contributed by atoms with E-state index in [-0.39, 0.29) is 11.3 Å². The van der Waals surface area contributed by atoms with Gasteiger partial charge < -0.3 is 14.8 Å². The van der Waals surface area contributed by atoms with Crippen molar-refractivity contribution in [1.82, 2.24) is 5.32 Å². The third-order valence-electron chi connectivity index (χ3n) is 2.71. The first-order chi connectivity index (χ1) is 9.53. The molecule has 0 aromatic heterocycles. The van der Waals surface area contributed by atoms with Crippen molar-refractivity contribution in [1.29, 1.82) is 0 Å². The van der Waals surface area contributed by atoms with Crippen LogP contribution in [0, 0.1) is 5.92 Å². The highest BCUT2D eigenvalue weighted by Crippen LogP contribution is 2.29. The summed E-state index contributed by atoms with van der Waals surface area (Å²) in [5, 5.41) is 2.52. The van der Waals surface area contributed by atoms with Crippen LogP contribution in [-0.2, 0) is 25.2 Å². The van der Waals surface area contributed by atoms with Crippen molar-refractivity contribution in [2.45, 2.75) is 22.2 Å². The number of rotatable bonds is 4. The van der Waals surface area contributed by atoms with Crippen LogP contribution in [0.2, 0.25) is 0 Å². The molecular weight excluding hydrogens is 401 g/mol. The van der Waals surface area contributed by atoms with Crippen molar-refractivity contribution in [3.8, 4) is 0 Å².